The third-order valence-corrected chi connectivity index (χ3v) is 4.24. The van der Waals surface area contributed by atoms with Crippen molar-refractivity contribution < 1.29 is 19.2 Å². The van der Waals surface area contributed by atoms with Crippen molar-refractivity contribution in [2.45, 2.75) is 19.4 Å². The number of amides is 1. The van der Waals surface area contributed by atoms with Crippen LogP contribution in [-0.4, -0.2) is 43.7 Å². The minimum absolute atomic E-state index is 0. The second-order valence-corrected chi connectivity index (χ2v) is 6.52. The van der Waals surface area contributed by atoms with Crippen LogP contribution < -0.4 is 14.8 Å². The summed E-state index contributed by atoms with van der Waals surface area (Å²) in [4.78, 5) is 23.3. The van der Waals surface area contributed by atoms with Crippen molar-refractivity contribution in [2.75, 3.05) is 27.7 Å². The molecule has 0 aliphatic heterocycles. The van der Waals surface area contributed by atoms with Gasteiger partial charge in [-0.3, -0.25) is 10.1 Å². The molecule has 0 saturated heterocycles. The molecule has 158 valence electrons. The monoisotopic (exact) mass is 423 g/mol. The van der Waals surface area contributed by atoms with E-state index in [9.17, 15) is 14.9 Å². The Morgan fingerprint density at radius 1 is 1.21 bits per heavy atom. The van der Waals surface area contributed by atoms with Crippen molar-refractivity contribution >= 4 is 24.2 Å². The standard InChI is InChI=1S/C20H25N3O5.ClH/c1-14-13-15(5-10-19(14)28-20(24)22(3)4)18(21-2)11-12-27-17-8-6-16(7-9-17)23(25)26;/h5-10,13,18,21H,11-12H2,1-4H3;1H/t18-;/m1./s1. The number of nitro groups is 1. The summed E-state index contributed by atoms with van der Waals surface area (Å²) in [5.74, 6) is 1.11. The van der Waals surface area contributed by atoms with Gasteiger partial charge in [0.05, 0.1) is 11.5 Å². The molecule has 8 nitrogen and oxygen atoms in total. The summed E-state index contributed by atoms with van der Waals surface area (Å²) in [6, 6.07) is 11.7. The summed E-state index contributed by atoms with van der Waals surface area (Å²) in [7, 11) is 5.13. The highest BCUT2D eigenvalue weighted by Gasteiger charge is 2.14. The van der Waals surface area contributed by atoms with Gasteiger partial charge >= 0.3 is 6.09 Å². The lowest BCUT2D eigenvalue weighted by Crippen LogP contribution is -2.25. The van der Waals surface area contributed by atoms with E-state index in [1.54, 1.807) is 32.3 Å². The number of nitrogens with one attached hydrogen (secondary N) is 1. The number of ether oxygens (including phenoxy) is 2. The third-order valence-electron chi connectivity index (χ3n) is 4.24. The van der Waals surface area contributed by atoms with Crippen LogP contribution in [0, 0.1) is 17.0 Å². The first-order valence-electron chi connectivity index (χ1n) is 8.86. The van der Waals surface area contributed by atoms with Crippen molar-refractivity contribution in [3.05, 3.63) is 63.7 Å². The Labute approximate surface area is 176 Å². The summed E-state index contributed by atoms with van der Waals surface area (Å²) in [5, 5.41) is 13.9. The molecule has 0 aliphatic rings. The second-order valence-electron chi connectivity index (χ2n) is 6.52. The number of hydrogen-bond acceptors (Lipinski definition) is 6. The molecule has 0 spiro atoms. The van der Waals surface area contributed by atoms with Gasteiger partial charge in [-0.05, 0) is 43.3 Å². The van der Waals surface area contributed by atoms with Gasteiger partial charge in [-0.1, -0.05) is 12.1 Å². The van der Waals surface area contributed by atoms with E-state index in [4.69, 9.17) is 9.47 Å². The molecule has 0 saturated carbocycles. The minimum Gasteiger partial charge on any atom is -0.494 e. The number of benzene rings is 2. The number of carbonyl (C=O) groups excluding carboxylic acids is 1. The average Bonchev–Trinajstić information content (AvgIpc) is 2.67. The van der Waals surface area contributed by atoms with Gasteiger partial charge in [-0.25, -0.2) is 4.79 Å². The van der Waals surface area contributed by atoms with Gasteiger partial charge in [-0.2, -0.15) is 0 Å². The number of carbonyl (C=O) groups is 1. The average molecular weight is 424 g/mol. The molecule has 1 atom stereocenters. The molecule has 2 aromatic rings. The fraction of sp³-hybridized carbons (Fsp3) is 0.350. The van der Waals surface area contributed by atoms with E-state index in [-0.39, 0.29) is 24.1 Å². The largest absolute Gasteiger partial charge is 0.494 e. The summed E-state index contributed by atoms with van der Waals surface area (Å²) >= 11 is 0. The Morgan fingerprint density at radius 3 is 2.38 bits per heavy atom. The fourth-order valence-corrected chi connectivity index (χ4v) is 2.63. The molecule has 0 bridgehead atoms. The zero-order chi connectivity index (χ0) is 20.7. The number of hydrogen-bond donors (Lipinski definition) is 1. The van der Waals surface area contributed by atoms with Gasteiger partial charge in [-0.15, -0.1) is 12.4 Å². The van der Waals surface area contributed by atoms with Crippen molar-refractivity contribution in [1.29, 1.82) is 0 Å². The smallest absolute Gasteiger partial charge is 0.414 e. The number of rotatable bonds is 8. The third kappa shape index (κ3) is 6.92. The molecule has 2 aromatic carbocycles. The molecule has 0 unspecified atom stereocenters. The molecule has 2 rings (SSSR count). The van der Waals surface area contributed by atoms with Gasteiger partial charge in [0.2, 0.25) is 0 Å². The maximum Gasteiger partial charge on any atom is 0.414 e. The van der Waals surface area contributed by atoms with Crippen LogP contribution in [0.15, 0.2) is 42.5 Å². The molecular weight excluding hydrogens is 398 g/mol. The lowest BCUT2D eigenvalue weighted by atomic mass is 10.0. The van der Waals surface area contributed by atoms with Gasteiger partial charge in [0, 0.05) is 38.7 Å². The van der Waals surface area contributed by atoms with E-state index in [0.717, 1.165) is 11.1 Å². The first kappa shape index (κ1) is 24.2. The van der Waals surface area contributed by atoms with Crippen LogP contribution in [0.25, 0.3) is 0 Å². The Kier molecular flexibility index (Phi) is 9.37. The molecule has 1 amide bonds. The molecule has 29 heavy (non-hydrogen) atoms. The van der Waals surface area contributed by atoms with Crippen molar-refractivity contribution in [3.8, 4) is 11.5 Å². The van der Waals surface area contributed by atoms with E-state index < -0.39 is 11.0 Å². The van der Waals surface area contributed by atoms with E-state index in [1.165, 1.54) is 17.0 Å². The molecule has 9 heteroatoms. The van der Waals surface area contributed by atoms with Crippen molar-refractivity contribution in [3.63, 3.8) is 0 Å². The van der Waals surface area contributed by atoms with Gasteiger partial charge < -0.3 is 19.7 Å². The number of nitrogens with zero attached hydrogens (tertiary/aromatic N) is 2. The lowest BCUT2D eigenvalue weighted by molar-refractivity contribution is -0.384. The van der Waals surface area contributed by atoms with Crippen LogP contribution in [0.5, 0.6) is 11.5 Å². The Balaban J connectivity index is 0.00000420. The van der Waals surface area contributed by atoms with E-state index in [2.05, 4.69) is 5.32 Å². The zero-order valence-corrected chi connectivity index (χ0v) is 17.7. The van der Waals surface area contributed by atoms with Gasteiger partial charge in [0.1, 0.15) is 11.5 Å². The van der Waals surface area contributed by atoms with Crippen LogP contribution in [0.2, 0.25) is 0 Å². The normalized spacial score (nSPS) is 11.2. The SMILES string of the molecule is CN[C@H](CCOc1ccc([N+](=O)[O-])cc1)c1ccc(OC(=O)N(C)C)c(C)c1.Cl. The first-order chi connectivity index (χ1) is 13.3. The maximum atomic E-state index is 11.7. The van der Waals surface area contributed by atoms with E-state index in [1.807, 2.05) is 26.1 Å². The molecule has 0 aliphatic carbocycles. The number of nitro benzene ring substituents is 1. The van der Waals surface area contributed by atoms with Crippen LogP contribution in [-0.2, 0) is 0 Å². The zero-order valence-electron chi connectivity index (χ0n) is 16.9. The molecule has 0 fully saturated rings. The Morgan fingerprint density at radius 2 is 1.86 bits per heavy atom. The van der Waals surface area contributed by atoms with Crippen molar-refractivity contribution in [1.82, 2.24) is 10.2 Å². The second kappa shape index (κ2) is 11.2. The topological polar surface area (TPSA) is 93.9 Å². The molecule has 0 radical (unpaired) electrons. The predicted octanol–water partition coefficient (Wildman–Crippen LogP) is 4.12. The molecule has 1 N–H and O–H groups in total. The van der Waals surface area contributed by atoms with Crippen LogP contribution in [0.3, 0.4) is 0 Å². The predicted molar refractivity (Wildman–Crippen MR) is 113 cm³/mol. The lowest BCUT2D eigenvalue weighted by Gasteiger charge is -2.19. The number of aryl methyl sites for hydroxylation is 1. The fourth-order valence-electron chi connectivity index (χ4n) is 2.63. The number of halogens is 1. The van der Waals surface area contributed by atoms with Crippen LogP contribution >= 0.6 is 12.4 Å². The molecular formula is C20H26ClN3O5. The van der Waals surface area contributed by atoms with Gasteiger partial charge in [0.15, 0.2) is 0 Å². The van der Waals surface area contributed by atoms with E-state index in [0.29, 0.717) is 24.5 Å². The summed E-state index contributed by atoms with van der Waals surface area (Å²) < 4.78 is 11.0. The van der Waals surface area contributed by atoms with Crippen molar-refractivity contribution in [2.24, 2.45) is 0 Å². The Bertz CT molecular complexity index is 827. The highest BCUT2D eigenvalue weighted by atomic mass is 35.5. The first-order valence-corrected chi connectivity index (χ1v) is 8.86. The minimum atomic E-state index is -0.442. The molecule has 0 heterocycles. The van der Waals surface area contributed by atoms with Crippen LogP contribution in [0.4, 0.5) is 10.5 Å². The van der Waals surface area contributed by atoms with E-state index >= 15 is 0 Å². The van der Waals surface area contributed by atoms with Crippen LogP contribution in [0.1, 0.15) is 23.6 Å². The highest BCUT2D eigenvalue weighted by Crippen LogP contribution is 2.25. The number of non-ortho nitro benzene ring substituents is 1. The molecule has 0 aromatic heterocycles. The van der Waals surface area contributed by atoms with Gasteiger partial charge in [0.25, 0.3) is 5.69 Å². The highest BCUT2D eigenvalue weighted by molar-refractivity contribution is 5.85. The summed E-state index contributed by atoms with van der Waals surface area (Å²) in [5.41, 5.74) is 1.95. The summed E-state index contributed by atoms with van der Waals surface area (Å²) in [6.07, 6.45) is 0.279. The Hall–Kier alpha value is -2.84. The quantitative estimate of drug-likeness (QED) is 0.507. The maximum absolute atomic E-state index is 11.7. The summed E-state index contributed by atoms with van der Waals surface area (Å²) in [6.45, 7) is 2.33.